The Labute approximate surface area is 148 Å². The smallest absolute Gasteiger partial charge is 0.124 e. The van der Waals surface area contributed by atoms with Crippen molar-refractivity contribution in [3.8, 4) is 5.75 Å². The third-order valence-corrected chi connectivity index (χ3v) is 5.39. The Morgan fingerprint density at radius 3 is 2.50 bits per heavy atom. The molecule has 24 heavy (non-hydrogen) atoms. The fourth-order valence-electron chi connectivity index (χ4n) is 2.88. The van der Waals surface area contributed by atoms with Gasteiger partial charge in [-0.2, -0.15) is 11.8 Å². The van der Waals surface area contributed by atoms with E-state index in [9.17, 15) is 5.11 Å². The molecule has 0 aromatic heterocycles. The Morgan fingerprint density at radius 1 is 1.00 bits per heavy atom. The lowest BCUT2D eigenvalue weighted by atomic mass is 9.97. The molecule has 1 fully saturated rings. The van der Waals surface area contributed by atoms with Crippen molar-refractivity contribution in [2.45, 2.75) is 31.6 Å². The van der Waals surface area contributed by atoms with Crippen molar-refractivity contribution >= 4 is 11.8 Å². The van der Waals surface area contributed by atoms with E-state index in [4.69, 9.17) is 4.74 Å². The number of ether oxygens (including phenoxy) is 1. The molecule has 3 rings (SSSR count). The summed E-state index contributed by atoms with van der Waals surface area (Å²) in [6.45, 7) is 1.92. The van der Waals surface area contributed by atoms with Crippen molar-refractivity contribution in [1.29, 1.82) is 0 Å². The molecule has 3 nitrogen and oxygen atoms in total. The first kappa shape index (κ1) is 17.3. The molecule has 0 radical (unpaired) electrons. The minimum atomic E-state index is -0.551. The zero-order valence-corrected chi connectivity index (χ0v) is 14.7. The molecule has 0 aliphatic carbocycles. The predicted molar refractivity (Wildman–Crippen MR) is 100 cm³/mol. The number of thioether (sulfide) groups is 1. The SMILES string of the molecule is OC1(CNCc2ccccc2OCc2ccccc2)CCSCC1. The van der Waals surface area contributed by atoms with Crippen molar-refractivity contribution in [3.63, 3.8) is 0 Å². The fraction of sp³-hybridized carbons (Fsp3) is 0.400. The largest absolute Gasteiger partial charge is 0.489 e. The molecule has 1 heterocycles. The maximum absolute atomic E-state index is 10.6. The number of para-hydroxylation sites is 1. The molecule has 0 bridgehead atoms. The number of aliphatic hydroxyl groups is 1. The fourth-order valence-corrected chi connectivity index (χ4v) is 4.14. The van der Waals surface area contributed by atoms with Crippen molar-refractivity contribution in [1.82, 2.24) is 5.32 Å². The summed E-state index contributed by atoms with van der Waals surface area (Å²) in [5.74, 6) is 3.00. The van der Waals surface area contributed by atoms with Gasteiger partial charge in [-0.25, -0.2) is 0 Å². The van der Waals surface area contributed by atoms with E-state index in [-0.39, 0.29) is 0 Å². The number of hydrogen-bond acceptors (Lipinski definition) is 4. The van der Waals surface area contributed by atoms with Crippen molar-refractivity contribution in [2.75, 3.05) is 18.1 Å². The highest BCUT2D eigenvalue weighted by molar-refractivity contribution is 7.99. The number of rotatable bonds is 7. The molecule has 0 saturated carbocycles. The first-order valence-corrected chi connectivity index (χ1v) is 9.66. The van der Waals surface area contributed by atoms with E-state index in [1.807, 2.05) is 48.2 Å². The molecule has 1 aliphatic heterocycles. The zero-order chi connectivity index (χ0) is 16.7. The number of hydrogen-bond donors (Lipinski definition) is 2. The summed E-state index contributed by atoms with van der Waals surface area (Å²) >= 11 is 1.93. The Balaban J connectivity index is 1.54. The van der Waals surface area contributed by atoms with Crippen LogP contribution in [0.4, 0.5) is 0 Å². The van der Waals surface area contributed by atoms with Gasteiger partial charge in [-0.15, -0.1) is 0 Å². The molecular weight excluding hydrogens is 318 g/mol. The van der Waals surface area contributed by atoms with Crippen LogP contribution in [0.3, 0.4) is 0 Å². The van der Waals surface area contributed by atoms with Crippen LogP contribution in [0.1, 0.15) is 24.0 Å². The summed E-state index contributed by atoms with van der Waals surface area (Å²) in [6.07, 6.45) is 1.74. The molecule has 0 atom stereocenters. The summed E-state index contributed by atoms with van der Waals surface area (Å²) in [5, 5.41) is 14.0. The second-order valence-electron chi connectivity index (χ2n) is 6.32. The summed E-state index contributed by atoms with van der Waals surface area (Å²) < 4.78 is 5.99. The van der Waals surface area contributed by atoms with Crippen LogP contribution in [0.2, 0.25) is 0 Å². The highest BCUT2D eigenvalue weighted by Crippen LogP contribution is 2.26. The van der Waals surface area contributed by atoms with Gasteiger partial charge in [0.2, 0.25) is 0 Å². The molecule has 0 spiro atoms. The molecule has 0 unspecified atom stereocenters. The van der Waals surface area contributed by atoms with Gasteiger partial charge in [0.25, 0.3) is 0 Å². The van der Waals surface area contributed by atoms with Gasteiger partial charge >= 0.3 is 0 Å². The van der Waals surface area contributed by atoms with E-state index in [2.05, 4.69) is 23.5 Å². The number of nitrogens with one attached hydrogen (secondary N) is 1. The van der Waals surface area contributed by atoms with Crippen LogP contribution in [0.5, 0.6) is 5.75 Å². The average Bonchev–Trinajstić information content (AvgIpc) is 2.62. The van der Waals surface area contributed by atoms with Gasteiger partial charge in [0.1, 0.15) is 12.4 Å². The third-order valence-electron chi connectivity index (χ3n) is 4.40. The lowest BCUT2D eigenvalue weighted by Crippen LogP contribution is -2.43. The van der Waals surface area contributed by atoms with Crippen molar-refractivity contribution in [2.24, 2.45) is 0 Å². The van der Waals surface area contributed by atoms with E-state index < -0.39 is 5.60 Å². The molecule has 1 saturated heterocycles. The lowest BCUT2D eigenvalue weighted by molar-refractivity contribution is 0.0319. The van der Waals surface area contributed by atoms with Gasteiger partial charge in [0.05, 0.1) is 5.60 Å². The minimum absolute atomic E-state index is 0.551. The molecule has 1 aliphatic rings. The van der Waals surface area contributed by atoms with Gasteiger partial charge < -0.3 is 15.2 Å². The van der Waals surface area contributed by atoms with Crippen LogP contribution in [-0.4, -0.2) is 28.8 Å². The van der Waals surface area contributed by atoms with Crippen molar-refractivity contribution in [3.05, 3.63) is 65.7 Å². The average molecular weight is 343 g/mol. The quantitative estimate of drug-likeness (QED) is 0.806. The van der Waals surface area contributed by atoms with Crippen LogP contribution < -0.4 is 10.1 Å². The van der Waals surface area contributed by atoms with Gasteiger partial charge in [-0.3, -0.25) is 0 Å². The first-order chi connectivity index (χ1) is 11.8. The van der Waals surface area contributed by atoms with Gasteiger partial charge in [0.15, 0.2) is 0 Å². The molecule has 4 heteroatoms. The molecular formula is C20H25NO2S. The maximum Gasteiger partial charge on any atom is 0.124 e. The molecule has 2 N–H and O–H groups in total. The highest BCUT2D eigenvalue weighted by atomic mass is 32.2. The minimum Gasteiger partial charge on any atom is -0.489 e. The normalized spacial score (nSPS) is 16.7. The predicted octanol–water partition coefficient (Wildman–Crippen LogP) is 3.61. The molecule has 0 amide bonds. The first-order valence-electron chi connectivity index (χ1n) is 8.51. The van der Waals surface area contributed by atoms with Crippen LogP contribution >= 0.6 is 11.8 Å². The summed E-state index contributed by atoms with van der Waals surface area (Å²) in [6, 6.07) is 18.3. The van der Waals surface area contributed by atoms with E-state index in [0.717, 1.165) is 41.2 Å². The highest BCUT2D eigenvalue weighted by Gasteiger charge is 2.28. The summed E-state index contributed by atoms with van der Waals surface area (Å²) in [7, 11) is 0. The second-order valence-corrected chi connectivity index (χ2v) is 7.55. The van der Waals surface area contributed by atoms with E-state index in [1.54, 1.807) is 0 Å². The van der Waals surface area contributed by atoms with Gasteiger partial charge in [-0.05, 0) is 36.0 Å². The van der Waals surface area contributed by atoms with Crippen LogP contribution in [0.25, 0.3) is 0 Å². The van der Waals surface area contributed by atoms with Crippen LogP contribution in [0.15, 0.2) is 54.6 Å². The van der Waals surface area contributed by atoms with Crippen LogP contribution in [0, 0.1) is 0 Å². The maximum atomic E-state index is 10.6. The lowest BCUT2D eigenvalue weighted by Gasteiger charge is -2.32. The third kappa shape index (κ3) is 5.00. The topological polar surface area (TPSA) is 41.5 Å². The Hall–Kier alpha value is -1.49. The van der Waals surface area contributed by atoms with E-state index >= 15 is 0 Å². The van der Waals surface area contributed by atoms with Gasteiger partial charge in [0, 0.05) is 18.7 Å². The Morgan fingerprint density at radius 2 is 1.71 bits per heavy atom. The zero-order valence-electron chi connectivity index (χ0n) is 13.9. The number of benzene rings is 2. The molecule has 2 aromatic rings. The van der Waals surface area contributed by atoms with Gasteiger partial charge in [-0.1, -0.05) is 48.5 Å². The summed E-state index contributed by atoms with van der Waals surface area (Å²) in [4.78, 5) is 0. The molecule has 2 aromatic carbocycles. The Bertz CT molecular complexity index is 627. The van der Waals surface area contributed by atoms with Crippen molar-refractivity contribution < 1.29 is 9.84 Å². The monoisotopic (exact) mass is 343 g/mol. The van der Waals surface area contributed by atoms with E-state index in [1.165, 1.54) is 0 Å². The Kier molecular flexibility index (Phi) is 6.18. The standard InChI is InChI=1S/C20H25NO2S/c22-20(10-12-24-13-11-20)16-21-14-18-8-4-5-9-19(18)23-15-17-6-2-1-3-7-17/h1-9,21-22H,10-16H2. The van der Waals surface area contributed by atoms with Crippen LogP contribution in [-0.2, 0) is 13.2 Å². The molecule has 128 valence electrons. The van der Waals surface area contributed by atoms with E-state index in [0.29, 0.717) is 19.7 Å². The summed E-state index contributed by atoms with van der Waals surface area (Å²) in [5.41, 5.74) is 1.74. The second kappa shape index (κ2) is 8.56.